The first-order valence-electron chi connectivity index (χ1n) is 7.34. The third kappa shape index (κ3) is 1.68. The molecule has 1 aliphatic carbocycles. The highest BCUT2D eigenvalue weighted by Crippen LogP contribution is 2.44. The lowest BCUT2D eigenvalue weighted by Gasteiger charge is -2.27. The van der Waals surface area contributed by atoms with Crippen molar-refractivity contribution in [2.24, 2.45) is 0 Å². The molecule has 102 valence electrons. The summed E-state index contributed by atoms with van der Waals surface area (Å²) in [5.74, 6) is 0.789. The fourth-order valence-electron chi connectivity index (χ4n) is 3.92. The van der Waals surface area contributed by atoms with Gasteiger partial charge in [-0.2, -0.15) is 0 Å². The molecule has 2 aromatic rings. The lowest BCUT2D eigenvalue weighted by molar-refractivity contribution is 0.244. The van der Waals surface area contributed by atoms with Crippen LogP contribution in [-0.4, -0.2) is 29.6 Å². The highest BCUT2D eigenvalue weighted by atomic mass is 16.3. The van der Waals surface area contributed by atoms with Crippen molar-refractivity contribution in [3.8, 4) is 5.75 Å². The van der Waals surface area contributed by atoms with Crippen LogP contribution in [0.1, 0.15) is 28.2 Å². The Labute approximate surface area is 119 Å². The standard InChI is InChI=1S/C18H19NO/c1-19-9-8-12-6-7-14(20)11-16(12)18-15-5-3-2-4-13(15)10-17(18)19/h2-7,11,17-18,20H,8-10H2,1H3. The molecule has 0 saturated carbocycles. The van der Waals surface area contributed by atoms with Crippen molar-refractivity contribution >= 4 is 0 Å². The largest absolute Gasteiger partial charge is 0.508 e. The summed E-state index contributed by atoms with van der Waals surface area (Å²) >= 11 is 0. The second-order valence-corrected chi connectivity index (χ2v) is 6.06. The van der Waals surface area contributed by atoms with Crippen LogP contribution in [-0.2, 0) is 12.8 Å². The lowest BCUT2D eigenvalue weighted by Crippen LogP contribution is -2.34. The van der Waals surface area contributed by atoms with E-state index in [1.54, 1.807) is 0 Å². The zero-order valence-electron chi connectivity index (χ0n) is 11.7. The van der Waals surface area contributed by atoms with Crippen molar-refractivity contribution in [1.82, 2.24) is 4.90 Å². The molecule has 4 rings (SSSR count). The molecular weight excluding hydrogens is 246 g/mol. The Morgan fingerprint density at radius 1 is 1.05 bits per heavy atom. The topological polar surface area (TPSA) is 23.5 Å². The molecule has 2 nitrogen and oxygen atoms in total. The molecule has 1 aliphatic heterocycles. The van der Waals surface area contributed by atoms with Crippen molar-refractivity contribution in [1.29, 1.82) is 0 Å². The van der Waals surface area contributed by atoms with E-state index in [1.165, 1.54) is 22.3 Å². The Balaban J connectivity index is 1.93. The molecule has 20 heavy (non-hydrogen) atoms. The maximum atomic E-state index is 9.90. The predicted molar refractivity (Wildman–Crippen MR) is 80.2 cm³/mol. The SMILES string of the molecule is CN1CCc2ccc(O)cc2C2c3ccccc3CC21. The van der Waals surface area contributed by atoms with E-state index in [0.717, 1.165) is 19.4 Å². The predicted octanol–water partition coefficient (Wildman–Crippen LogP) is 2.94. The zero-order valence-corrected chi connectivity index (χ0v) is 11.7. The van der Waals surface area contributed by atoms with Gasteiger partial charge in [-0.05, 0) is 54.3 Å². The third-order valence-electron chi connectivity index (χ3n) is 4.97. The van der Waals surface area contributed by atoms with Crippen LogP contribution in [0.4, 0.5) is 0 Å². The maximum Gasteiger partial charge on any atom is 0.115 e. The number of benzene rings is 2. The summed E-state index contributed by atoms with van der Waals surface area (Å²) in [6.07, 6.45) is 2.19. The fourth-order valence-corrected chi connectivity index (χ4v) is 3.92. The van der Waals surface area contributed by atoms with Gasteiger partial charge in [-0.25, -0.2) is 0 Å². The van der Waals surface area contributed by atoms with Crippen molar-refractivity contribution < 1.29 is 5.11 Å². The molecular formula is C18H19NO. The zero-order chi connectivity index (χ0) is 13.7. The Hall–Kier alpha value is -1.80. The first kappa shape index (κ1) is 12.0. The second-order valence-electron chi connectivity index (χ2n) is 6.06. The van der Waals surface area contributed by atoms with Crippen molar-refractivity contribution in [3.63, 3.8) is 0 Å². The minimum absolute atomic E-state index is 0.386. The molecule has 0 saturated heterocycles. The Morgan fingerprint density at radius 3 is 2.80 bits per heavy atom. The van der Waals surface area contributed by atoms with Gasteiger partial charge in [0.15, 0.2) is 0 Å². The summed E-state index contributed by atoms with van der Waals surface area (Å²) in [5, 5.41) is 9.90. The molecule has 1 heterocycles. The van der Waals surface area contributed by atoms with E-state index in [4.69, 9.17) is 0 Å². The Morgan fingerprint density at radius 2 is 1.90 bits per heavy atom. The smallest absolute Gasteiger partial charge is 0.115 e. The average Bonchev–Trinajstić information content (AvgIpc) is 2.79. The van der Waals surface area contributed by atoms with E-state index in [9.17, 15) is 5.11 Å². The number of fused-ring (bicyclic) bond motifs is 5. The number of aromatic hydroxyl groups is 1. The molecule has 0 amide bonds. The van der Waals surface area contributed by atoms with Gasteiger partial charge in [0.25, 0.3) is 0 Å². The summed E-state index contributed by atoms with van der Waals surface area (Å²) < 4.78 is 0. The highest BCUT2D eigenvalue weighted by Gasteiger charge is 2.38. The number of nitrogens with zero attached hydrogens (tertiary/aromatic N) is 1. The Kier molecular flexibility index (Phi) is 2.61. The highest BCUT2D eigenvalue weighted by molar-refractivity contribution is 5.50. The first-order chi connectivity index (χ1) is 9.74. The van der Waals surface area contributed by atoms with E-state index in [0.29, 0.717) is 17.7 Å². The van der Waals surface area contributed by atoms with E-state index >= 15 is 0 Å². The quantitative estimate of drug-likeness (QED) is 0.791. The van der Waals surface area contributed by atoms with Gasteiger partial charge in [0.2, 0.25) is 0 Å². The number of phenolic OH excluding ortho intramolecular Hbond substituents is 1. The number of hydrogen-bond acceptors (Lipinski definition) is 2. The molecule has 0 aromatic heterocycles. The molecule has 2 heteroatoms. The molecule has 2 aromatic carbocycles. The molecule has 2 atom stereocenters. The fraction of sp³-hybridized carbons (Fsp3) is 0.333. The second kappa shape index (κ2) is 4.35. The minimum atomic E-state index is 0.386. The maximum absolute atomic E-state index is 9.90. The van der Waals surface area contributed by atoms with E-state index < -0.39 is 0 Å². The van der Waals surface area contributed by atoms with Crippen LogP contribution in [0.25, 0.3) is 0 Å². The van der Waals surface area contributed by atoms with E-state index in [-0.39, 0.29) is 0 Å². The molecule has 0 fully saturated rings. The molecule has 2 unspecified atom stereocenters. The van der Waals surface area contributed by atoms with Crippen LogP contribution in [0.2, 0.25) is 0 Å². The van der Waals surface area contributed by atoms with Crippen LogP contribution in [0.5, 0.6) is 5.75 Å². The lowest BCUT2D eigenvalue weighted by atomic mass is 9.87. The van der Waals surface area contributed by atoms with Crippen molar-refractivity contribution in [2.75, 3.05) is 13.6 Å². The van der Waals surface area contributed by atoms with Gasteiger partial charge in [-0.15, -0.1) is 0 Å². The summed E-state index contributed by atoms with van der Waals surface area (Å²) in [5.41, 5.74) is 5.62. The van der Waals surface area contributed by atoms with Gasteiger partial charge in [0, 0.05) is 18.5 Å². The van der Waals surface area contributed by atoms with Crippen LogP contribution < -0.4 is 0 Å². The van der Waals surface area contributed by atoms with Crippen molar-refractivity contribution in [3.05, 3.63) is 64.7 Å². The van der Waals surface area contributed by atoms with Crippen LogP contribution in [0.15, 0.2) is 42.5 Å². The first-order valence-corrected chi connectivity index (χ1v) is 7.34. The van der Waals surface area contributed by atoms with Gasteiger partial charge in [-0.1, -0.05) is 30.3 Å². The van der Waals surface area contributed by atoms with E-state index in [2.05, 4.69) is 42.3 Å². The van der Waals surface area contributed by atoms with Gasteiger partial charge in [0.1, 0.15) is 5.75 Å². The number of rotatable bonds is 0. The average molecular weight is 265 g/mol. The Bertz CT molecular complexity index is 664. The summed E-state index contributed by atoms with van der Waals surface area (Å²) in [7, 11) is 2.23. The van der Waals surface area contributed by atoms with Gasteiger partial charge < -0.3 is 10.0 Å². The minimum Gasteiger partial charge on any atom is -0.508 e. The van der Waals surface area contributed by atoms with Crippen molar-refractivity contribution in [2.45, 2.75) is 24.8 Å². The molecule has 1 N–H and O–H groups in total. The summed E-state index contributed by atoms with van der Waals surface area (Å²) in [4.78, 5) is 2.49. The van der Waals surface area contributed by atoms with E-state index in [1.807, 2.05) is 12.1 Å². The van der Waals surface area contributed by atoms with Crippen LogP contribution >= 0.6 is 0 Å². The summed E-state index contributed by atoms with van der Waals surface area (Å²) in [6.45, 7) is 1.09. The molecule has 0 radical (unpaired) electrons. The third-order valence-corrected chi connectivity index (χ3v) is 4.97. The molecule has 0 spiro atoms. The summed E-state index contributed by atoms with van der Waals surface area (Å²) in [6, 6.07) is 15.2. The van der Waals surface area contributed by atoms with Crippen LogP contribution in [0.3, 0.4) is 0 Å². The normalized spacial score (nSPS) is 24.6. The number of phenols is 1. The van der Waals surface area contributed by atoms with Gasteiger partial charge in [-0.3, -0.25) is 0 Å². The van der Waals surface area contributed by atoms with Crippen LogP contribution in [0, 0.1) is 0 Å². The van der Waals surface area contributed by atoms with Gasteiger partial charge in [0.05, 0.1) is 0 Å². The van der Waals surface area contributed by atoms with Gasteiger partial charge >= 0.3 is 0 Å². The monoisotopic (exact) mass is 265 g/mol. The molecule has 2 aliphatic rings. The number of likely N-dealkylation sites (N-methyl/N-ethyl adjacent to an activating group) is 1. The number of hydrogen-bond donors (Lipinski definition) is 1. The molecule has 0 bridgehead atoms.